The molecule has 0 atom stereocenters. The van der Waals surface area contributed by atoms with E-state index in [1.165, 1.54) is 24.3 Å². The van der Waals surface area contributed by atoms with Gasteiger partial charge in [0, 0.05) is 10.0 Å². The third-order valence-corrected chi connectivity index (χ3v) is 3.08. The lowest BCUT2D eigenvalue weighted by molar-refractivity contribution is 0.434. The van der Waals surface area contributed by atoms with Gasteiger partial charge in [0.1, 0.15) is 11.6 Å². The highest BCUT2D eigenvalue weighted by atomic mass is 79.9. The molecule has 0 radical (unpaired) electrons. The van der Waals surface area contributed by atoms with Crippen LogP contribution < -0.4 is 4.74 Å². The van der Waals surface area contributed by atoms with Gasteiger partial charge in [0.15, 0.2) is 11.6 Å². The van der Waals surface area contributed by atoms with Crippen molar-refractivity contribution in [3.05, 3.63) is 58.1 Å². The van der Waals surface area contributed by atoms with Gasteiger partial charge >= 0.3 is 0 Å². The molecule has 0 unspecified atom stereocenters. The predicted octanol–water partition coefficient (Wildman–Crippen LogP) is 5.26. The number of rotatable bonds is 3. The van der Waals surface area contributed by atoms with E-state index in [1.807, 2.05) is 0 Å². The van der Waals surface area contributed by atoms with E-state index in [-0.39, 0.29) is 22.9 Å². The second-order valence-electron chi connectivity index (χ2n) is 3.53. The molecule has 2 rings (SSSR count). The summed E-state index contributed by atoms with van der Waals surface area (Å²) >= 11 is 8.86. The van der Waals surface area contributed by atoms with Crippen molar-refractivity contribution in [2.45, 2.75) is 5.88 Å². The van der Waals surface area contributed by atoms with Gasteiger partial charge in [0.2, 0.25) is 0 Å². The molecular weight excluding hydrogens is 325 g/mol. The summed E-state index contributed by atoms with van der Waals surface area (Å²) in [5, 5.41) is 0. The van der Waals surface area contributed by atoms with Crippen LogP contribution in [0.15, 0.2) is 40.9 Å². The summed E-state index contributed by atoms with van der Waals surface area (Å²) < 4.78 is 33.0. The molecule has 0 aliphatic rings. The fourth-order valence-electron chi connectivity index (χ4n) is 1.44. The summed E-state index contributed by atoms with van der Waals surface area (Å²) in [4.78, 5) is 0. The van der Waals surface area contributed by atoms with E-state index in [4.69, 9.17) is 16.3 Å². The molecule has 0 N–H and O–H groups in total. The summed E-state index contributed by atoms with van der Waals surface area (Å²) in [7, 11) is 0. The quantitative estimate of drug-likeness (QED) is 0.696. The molecule has 0 fully saturated rings. The first-order chi connectivity index (χ1) is 8.61. The van der Waals surface area contributed by atoms with Crippen molar-refractivity contribution in [3.63, 3.8) is 0 Å². The molecule has 0 saturated heterocycles. The minimum Gasteiger partial charge on any atom is -0.454 e. The first kappa shape index (κ1) is 13.3. The molecule has 0 aromatic heterocycles. The lowest BCUT2D eigenvalue weighted by Crippen LogP contribution is -1.95. The zero-order chi connectivity index (χ0) is 13.1. The van der Waals surface area contributed by atoms with Gasteiger partial charge in [-0.15, -0.1) is 11.6 Å². The Morgan fingerprint density at radius 2 is 1.83 bits per heavy atom. The van der Waals surface area contributed by atoms with Crippen LogP contribution >= 0.6 is 27.5 Å². The first-order valence-electron chi connectivity index (χ1n) is 5.08. The van der Waals surface area contributed by atoms with E-state index in [0.29, 0.717) is 4.47 Å². The average Bonchev–Trinajstić information content (AvgIpc) is 2.34. The zero-order valence-corrected chi connectivity index (χ0v) is 11.4. The Morgan fingerprint density at radius 3 is 2.56 bits per heavy atom. The minimum absolute atomic E-state index is 0.0151. The molecule has 18 heavy (non-hydrogen) atoms. The Hall–Kier alpha value is -1.13. The van der Waals surface area contributed by atoms with E-state index in [1.54, 1.807) is 12.1 Å². The number of halogens is 4. The van der Waals surface area contributed by atoms with Gasteiger partial charge in [0.05, 0.1) is 5.88 Å². The molecule has 0 aliphatic heterocycles. The molecule has 0 heterocycles. The molecule has 0 amide bonds. The number of ether oxygens (including phenoxy) is 1. The third kappa shape index (κ3) is 2.82. The number of hydrogen-bond donors (Lipinski definition) is 0. The fourth-order valence-corrected chi connectivity index (χ4v) is 2.04. The smallest absolute Gasteiger partial charge is 0.165 e. The minimum atomic E-state index is -0.525. The molecule has 1 nitrogen and oxygen atoms in total. The van der Waals surface area contributed by atoms with E-state index < -0.39 is 11.6 Å². The molecule has 94 valence electrons. The van der Waals surface area contributed by atoms with Gasteiger partial charge in [-0.2, -0.15) is 0 Å². The summed E-state index contributed by atoms with van der Waals surface area (Å²) in [6, 6.07) is 8.59. The number of hydrogen-bond acceptors (Lipinski definition) is 1. The Morgan fingerprint density at radius 1 is 1.06 bits per heavy atom. The number of alkyl halides is 1. The topological polar surface area (TPSA) is 9.23 Å². The lowest BCUT2D eigenvalue weighted by Gasteiger charge is -2.11. The molecule has 0 saturated carbocycles. The highest BCUT2D eigenvalue weighted by Crippen LogP contribution is 2.31. The molecule has 5 heteroatoms. The molecule has 2 aromatic rings. The van der Waals surface area contributed by atoms with Crippen molar-refractivity contribution in [2.75, 3.05) is 0 Å². The summed E-state index contributed by atoms with van der Waals surface area (Å²) in [5.41, 5.74) is 0.207. The van der Waals surface area contributed by atoms with Crippen LogP contribution in [0.3, 0.4) is 0 Å². The highest BCUT2D eigenvalue weighted by Gasteiger charge is 2.12. The SMILES string of the molecule is Fc1ccc(Br)cc1Oc1cccc(F)c1CCl. The molecule has 0 aliphatic carbocycles. The van der Waals surface area contributed by atoms with Crippen LogP contribution in [-0.2, 0) is 5.88 Å². The highest BCUT2D eigenvalue weighted by molar-refractivity contribution is 9.10. The normalized spacial score (nSPS) is 10.4. The van der Waals surface area contributed by atoms with E-state index in [0.717, 1.165) is 0 Å². The summed E-state index contributed by atoms with van der Waals surface area (Å²) in [5.74, 6) is -0.818. The van der Waals surface area contributed by atoms with Crippen molar-refractivity contribution >= 4 is 27.5 Å². The van der Waals surface area contributed by atoms with Crippen molar-refractivity contribution in [3.8, 4) is 11.5 Å². The van der Waals surface area contributed by atoms with Gasteiger partial charge in [-0.05, 0) is 30.3 Å². The molecular formula is C13H8BrClF2O. The third-order valence-electron chi connectivity index (χ3n) is 2.32. The molecule has 0 bridgehead atoms. The average molecular weight is 334 g/mol. The fraction of sp³-hybridized carbons (Fsp3) is 0.0769. The van der Waals surface area contributed by atoms with Crippen molar-refractivity contribution in [1.29, 1.82) is 0 Å². The van der Waals surface area contributed by atoms with Gasteiger partial charge in [0.25, 0.3) is 0 Å². The van der Waals surface area contributed by atoms with Crippen LogP contribution in [0.2, 0.25) is 0 Å². The van der Waals surface area contributed by atoms with Crippen molar-refractivity contribution in [1.82, 2.24) is 0 Å². The van der Waals surface area contributed by atoms with E-state index >= 15 is 0 Å². The van der Waals surface area contributed by atoms with Gasteiger partial charge < -0.3 is 4.74 Å². The zero-order valence-electron chi connectivity index (χ0n) is 9.09. The Kier molecular flexibility index (Phi) is 4.19. The monoisotopic (exact) mass is 332 g/mol. The summed E-state index contributed by atoms with van der Waals surface area (Å²) in [6.07, 6.45) is 0. The van der Waals surface area contributed by atoms with Crippen LogP contribution in [0.25, 0.3) is 0 Å². The standard InChI is InChI=1S/C13H8BrClF2O/c14-8-4-5-11(17)13(6-8)18-12-3-1-2-10(16)9(12)7-15/h1-6H,7H2. The Bertz CT molecular complexity index is 575. The van der Waals surface area contributed by atoms with Crippen molar-refractivity contribution in [2.24, 2.45) is 0 Å². The number of benzene rings is 2. The lowest BCUT2D eigenvalue weighted by atomic mass is 10.2. The van der Waals surface area contributed by atoms with E-state index in [9.17, 15) is 8.78 Å². The molecule has 2 aromatic carbocycles. The Balaban J connectivity index is 2.40. The van der Waals surface area contributed by atoms with Crippen LogP contribution in [-0.4, -0.2) is 0 Å². The second kappa shape index (κ2) is 5.67. The van der Waals surface area contributed by atoms with Crippen LogP contribution in [0.4, 0.5) is 8.78 Å². The van der Waals surface area contributed by atoms with Gasteiger partial charge in [-0.3, -0.25) is 0 Å². The Labute approximate surface area is 116 Å². The van der Waals surface area contributed by atoms with Gasteiger partial charge in [-0.25, -0.2) is 8.78 Å². The maximum atomic E-state index is 13.5. The maximum Gasteiger partial charge on any atom is 0.165 e. The largest absolute Gasteiger partial charge is 0.454 e. The van der Waals surface area contributed by atoms with Crippen molar-refractivity contribution < 1.29 is 13.5 Å². The maximum absolute atomic E-state index is 13.5. The van der Waals surface area contributed by atoms with Gasteiger partial charge in [-0.1, -0.05) is 22.0 Å². The second-order valence-corrected chi connectivity index (χ2v) is 4.71. The van der Waals surface area contributed by atoms with Crippen LogP contribution in [0, 0.1) is 11.6 Å². The first-order valence-corrected chi connectivity index (χ1v) is 6.41. The van der Waals surface area contributed by atoms with E-state index in [2.05, 4.69) is 15.9 Å². The summed E-state index contributed by atoms with van der Waals surface area (Å²) in [6.45, 7) is 0. The van der Waals surface area contributed by atoms with Crippen LogP contribution in [0.1, 0.15) is 5.56 Å². The predicted molar refractivity (Wildman–Crippen MR) is 70.1 cm³/mol. The van der Waals surface area contributed by atoms with Crippen LogP contribution in [0.5, 0.6) is 11.5 Å². The molecule has 0 spiro atoms.